The van der Waals surface area contributed by atoms with Gasteiger partial charge in [-0.3, -0.25) is 24.6 Å². The molecule has 9 nitrogen and oxygen atoms in total. The Hall–Kier alpha value is -3.49. The molecule has 2 rings (SSSR count). The van der Waals surface area contributed by atoms with Crippen molar-refractivity contribution in [1.29, 1.82) is 0 Å². The Morgan fingerprint density at radius 2 is 1.77 bits per heavy atom. The number of esters is 1. The number of ether oxygens (including phenoxy) is 1. The maximum absolute atomic E-state index is 12.3. The zero-order chi connectivity index (χ0) is 19.3. The second-order valence-electron chi connectivity index (χ2n) is 5.36. The molecular formula is C17H17N3O6. The van der Waals surface area contributed by atoms with Crippen LogP contribution in [-0.4, -0.2) is 53.8 Å². The number of benzene rings is 1. The van der Waals surface area contributed by atoms with E-state index in [2.05, 4.69) is 11.9 Å². The number of imide groups is 2. The van der Waals surface area contributed by atoms with E-state index in [-0.39, 0.29) is 17.7 Å². The fourth-order valence-electron chi connectivity index (χ4n) is 2.29. The van der Waals surface area contributed by atoms with E-state index in [1.165, 1.54) is 25.1 Å². The molecule has 0 fully saturated rings. The van der Waals surface area contributed by atoms with E-state index < -0.39 is 42.4 Å². The zero-order valence-corrected chi connectivity index (χ0v) is 14.0. The van der Waals surface area contributed by atoms with Crippen molar-refractivity contribution in [3.8, 4) is 0 Å². The van der Waals surface area contributed by atoms with E-state index in [0.717, 1.165) is 4.90 Å². The average Bonchev–Trinajstić information content (AvgIpc) is 2.88. The van der Waals surface area contributed by atoms with E-state index in [1.807, 2.05) is 5.32 Å². The quantitative estimate of drug-likeness (QED) is 0.426. The second kappa shape index (κ2) is 8.06. The van der Waals surface area contributed by atoms with Crippen LogP contribution in [0.3, 0.4) is 0 Å². The molecule has 1 aromatic rings. The number of amides is 5. The Labute approximate surface area is 149 Å². The third kappa shape index (κ3) is 3.94. The number of nitrogens with one attached hydrogen (secondary N) is 2. The molecule has 0 spiro atoms. The van der Waals surface area contributed by atoms with Crippen LogP contribution in [0.5, 0.6) is 0 Å². The summed E-state index contributed by atoms with van der Waals surface area (Å²) >= 11 is 0. The summed E-state index contributed by atoms with van der Waals surface area (Å²) in [5, 5.41) is 4.26. The van der Waals surface area contributed by atoms with Gasteiger partial charge in [0, 0.05) is 6.54 Å². The smallest absolute Gasteiger partial charge is 0.329 e. The number of carbonyl (C=O) groups excluding carboxylic acids is 5. The molecule has 0 unspecified atom stereocenters. The number of urea groups is 1. The maximum atomic E-state index is 12.3. The van der Waals surface area contributed by atoms with Crippen LogP contribution < -0.4 is 10.6 Å². The number of rotatable bonds is 6. The van der Waals surface area contributed by atoms with Crippen LogP contribution in [0.4, 0.5) is 4.79 Å². The third-order valence-electron chi connectivity index (χ3n) is 3.56. The molecule has 5 amide bonds. The summed E-state index contributed by atoms with van der Waals surface area (Å²) in [6.45, 7) is 4.15. The lowest BCUT2D eigenvalue weighted by atomic mass is 10.1. The summed E-state index contributed by atoms with van der Waals surface area (Å²) in [4.78, 5) is 60.3. The standard InChI is InChI=1S/C17H17N3O6/c1-3-8-18-17(25)19-13(21)9-26-16(24)10(2)20-14(22)11-6-4-5-7-12(11)15(20)23/h3-7,10H,1,8-9H2,2H3,(H2,18,19,21,25)/t10-/m1/s1. The lowest BCUT2D eigenvalue weighted by molar-refractivity contribution is -0.151. The predicted molar refractivity (Wildman–Crippen MR) is 89.1 cm³/mol. The van der Waals surface area contributed by atoms with Gasteiger partial charge in [-0.1, -0.05) is 18.2 Å². The van der Waals surface area contributed by atoms with Crippen molar-refractivity contribution in [3.05, 3.63) is 48.0 Å². The lowest BCUT2D eigenvalue weighted by Crippen LogP contribution is -2.45. The summed E-state index contributed by atoms with van der Waals surface area (Å²) in [6, 6.07) is 4.21. The summed E-state index contributed by atoms with van der Waals surface area (Å²) in [6.07, 6.45) is 1.42. The highest BCUT2D eigenvalue weighted by atomic mass is 16.5. The number of carbonyl (C=O) groups is 5. The summed E-state index contributed by atoms with van der Waals surface area (Å²) in [5.41, 5.74) is 0.405. The second-order valence-corrected chi connectivity index (χ2v) is 5.36. The van der Waals surface area contributed by atoms with Crippen molar-refractivity contribution in [1.82, 2.24) is 15.5 Å². The fourth-order valence-corrected chi connectivity index (χ4v) is 2.29. The van der Waals surface area contributed by atoms with Crippen LogP contribution in [0.2, 0.25) is 0 Å². The molecule has 1 aromatic carbocycles. The molecule has 0 radical (unpaired) electrons. The Morgan fingerprint density at radius 3 is 2.31 bits per heavy atom. The monoisotopic (exact) mass is 359 g/mol. The third-order valence-corrected chi connectivity index (χ3v) is 3.56. The maximum Gasteiger partial charge on any atom is 0.329 e. The first kappa shape index (κ1) is 18.8. The van der Waals surface area contributed by atoms with Gasteiger partial charge < -0.3 is 10.1 Å². The molecule has 1 aliphatic rings. The van der Waals surface area contributed by atoms with E-state index in [4.69, 9.17) is 4.74 Å². The van der Waals surface area contributed by atoms with Gasteiger partial charge in [-0.25, -0.2) is 9.59 Å². The van der Waals surface area contributed by atoms with Crippen LogP contribution in [0.1, 0.15) is 27.6 Å². The lowest BCUT2D eigenvalue weighted by Gasteiger charge is -2.20. The number of hydrogen-bond donors (Lipinski definition) is 2. The Kier molecular flexibility index (Phi) is 5.84. The van der Waals surface area contributed by atoms with Crippen LogP contribution in [0, 0.1) is 0 Å². The van der Waals surface area contributed by atoms with Gasteiger partial charge in [0.05, 0.1) is 11.1 Å². The Bertz CT molecular complexity index is 753. The predicted octanol–water partition coefficient (Wildman–Crippen LogP) is 0.226. The highest BCUT2D eigenvalue weighted by Crippen LogP contribution is 2.24. The van der Waals surface area contributed by atoms with Crippen LogP contribution in [0.15, 0.2) is 36.9 Å². The van der Waals surface area contributed by atoms with Gasteiger partial charge in [0.25, 0.3) is 17.7 Å². The van der Waals surface area contributed by atoms with Crippen molar-refractivity contribution in [2.45, 2.75) is 13.0 Å². The summed E-state index contributed by atoms with van der Waals surface area (Å²) in [5.74, 6) is -3.01. The summed E-state index contributed by atoms with van der Waals surface area (Å²) in [7, 11) is 0. The van der Waals surface area contributed by atoms with Gasteiger partial charge >= 0.3 is 12.0 Å². The Balaban J connectivity index is 1.91. The molecule has 26 heavy (non-hydrogen) atoms. The highest BCUT2D eigenvalue weighted by molar-refractivity contribution is 6.22. The number of fused-ring (bicyclic) bond motifs is 1. The SMILES string of the molecule is C=CCNC(=O)NC(=O)COC(=O)[C@@H](C)N1C(=O)c2ccccc2C1=O. The van der Waals surface area contributed by atoms with Crippen molar-refractivity contribution >= 4 is 29.7 Å². The van der Waals surface area contributed by atoms with Gasteiger partial charge in [-0.05, 0) is 19.1 Å². The van der Waals surface area contributed by atoms with Crippen molar-refractivity contribution in [3.63, 3.8) is 0 Å². The minimum absolute atomic E-state index is 0.162. The average molecular weight is 359 g/mol. The number of nitrogens with zero attached hydrogens (tertiary/aromatic N) is 1. The highest BCUT2D eigenvalue weighted by Gasteiger charge is 2.41. The van der Waals surface area contributed by atoms with Crippen molar-refractivity contribution < 1.29 is 28.7 Å². The molecule has 0 aromatic heterocycles. The van der Waals surface area contributed by atoms with Gasteiger partial charge in [0.2, 0.25) is 0 Å². The van der Waals surface area contributed by atoms with Crippen LogP contribution in [0.25, 0.3) is 0 Å². The van der Waals surface area contributed by atoms with Crippen LogP contribution >= 0.6 is 0 Å². The molecule has 1 atom stereocenters. The van der Waals surface area contributed by atoms with E-state index in [0.29, 0.717) is 0 Å². The normalized spacial score (nSPS) is 13.7. The molecular weight excluding hydrogens is 342 g/mol. The fraction of sp³-hybridized carbons (Fsp3) is 0.235. The van der Waals surface area contributed by atoms with E-state index in [1.54, 1.807) is 12.1 Å². The van der Waals surface area contributed by atoms with Gasteiger partial charge in [0.15, 0.2) is 6.61 Å². The summed E-state index contributed by atoms with van der Waals surface area (Å²) < 4.78 is 4.78. The molecule has 9 heteroatoms. The first-order valence-corrected chi connectivity index (χ1v) is 7.69. The van der Waals surface area contributed by atoms with Gasteiger partial charge in [-0.15, -0.1) is 6.58 Å². The Morgan fingerprint density at radius 1 is 1.19 bits per heavy atom. The van der Waals surface area contributed by atoms with Gasteiger partial charge in [-0.2, -0.15) is 0 Å². The minimum Gasteiger partial charge on any atom is -0.454 e. The molecule has 0 bridgehead atoms. The first-order chi connectivity index (χ1) is 12.4. The minimum atomic E-state index is -1.22. The molecule has 0 saturated heterocycles. The molecule has 0 saturated carbocycles. The molecule has 2 N–H and O–H groups in total. The first-order valence-electron chi connectivity index (χ1n) is 7.69. The molecule has 1 aliphatic heterocycles. The van der Waals surface area contributed by atoms with Crippen molar-refractivity contribution in [2.24, 2.45) is 0 Å². The van der Waals surface area contributed by atoms with Gasteiger partial charge in [0.1, 0.15) is 6.04 Å². The zero-order valence-electron chi connectivity index (χ0n) is 14.0. The topological polar surface area (TPSA) is 122 Å². The van der Waals surface area contributed by atoms with E-state index >= 15 is 0 Å². The molecule has 0 aliphatic carbocycles. The number of hydrogen-bond acceptors (Lipinski definition) is 6. The van der Waals surface area contributed by atoms with Crippen LogP contribution in [-0.2, 0) is 14.3 Å². The van der Waals surface area contributed by atoms with Crippen molar-refractivity contribution in [2.75, 3.05) is 13.2 Å². The molecule has 136 valence electrons. The largest absolute Gasteiger partial charge is 0.454 e. The van der Waals surface area contributed by atoms with E-state index in [9.17, 15) is 24.0 Å². The molecule has 1 heterocycles.